The number of piperazine rings is 1. The van der Waals surface area contributed by atoms with Gasteiger partial charge in [0.25, 0.3) is 0 Å². The predicted octanol–water partition coefficient (Wildman–Crippen LogP) is -0.181. The zero-order valence-corrected chi connectivity index (χ0v) is 10.4. The molecule has 2 aliphatic heterocycles. The lowest BCUT2D eigenvalue weighted by atomic mass is 10.0. The first-order chi connectivity index (χ1) is 8.20. The maximum absolute atomic E-state index is 11.7. The van der Waals surface area contributed by atoms with Gasteiger partial charge in [0.2, 0.25) is 11.8 Å². The number of carbonyl (C=O) groups excluding carboxylic acids is 2. The molecule has 0 radical (unpaired) electrons. The summed E-state index contributed by atoms with van der Waals surface area (Å²) in [5, 5.41) is 2.59. The van der Waals surface area contributed by atoms with Gasteiger partial charge >= 0.3 is 0 Å². The maximum atomic E-state index is 11.7. The summed E-state index contributed by atoms with van der Waals surface area (Å²) in [6.07, 6.45) is 3.17. The lowest BCUT2D eigenvalue weighted by molar-refractivity contribution is -0.143. The Morgan fingerprint density at radius 2 is 2.00 bits per heavy atom. The Hall–Kier alpha value is -1.10. The second-order valence-electron chi connectivity index (χ2n) is 4.87. The number of hydrogen-bond acceptors (Lipinski definition) is 3. The lowest BCUT2D eigenvalue weighted by Gasteiger charge is -2.39. The molecule has 0 saturated carbocycles. The third-order valence-electron chi connectivity index (χ3n) is 3.61. The molecule has 2 amide bonds. The van der Waals surface area contributed by atoms with E-state index in [2.05, 4.69) is 17.1 Å². The molecule has 0 aromatic rings. The first-order valence-electron chi connectivity index (χ1n) is 6.49. The summed E-state index contributed by atoms with van der Waals surface area (Å²) in [7, 11) is 0. The number of hydrogen-bond donors (Lipinski definition) is 1. The molecular formula is C12H21N3O2. The van der Waals surface area contributed by atoms with Gasteiger partial charge in [0, 0.05) is 19.1 Å². The van der Waals surface area contributed by atoms with Gasteiger partial charge in [0.1, 0.15) is 0 Å². The Bertz CT molecular complexity index is 298. The quantitative estimate of drug-likeness (QED) is 0.743. The molecular weight excluding hydrogens is 218 g/mol. The molecule has 0 aliphatic carbocycles. The Kier molecular flexibility index (Phi) is 3.99. The van der Waals surface area contributed by atoms with Gasteiger partial charge in [-0.2, -0.15) is 0 Å². The number of amides is 2. The van der Waals surface area contributed by atoms with Gasteiger partial charge in [0.05, 0.1) is 13.1 Å². The summed E-state index contributed by atoms with van der Waals surface area (Å²) in [5.41, 5.74) is 0. The van der Waals surface area contributed by atoms with Gasteiger partial charge in [-0.05, 0) is 25.8 Å². The van der Waals surface area contributed by atoms with E-state index in [-0.39, 0.29) is 30.9 Å². The van der Waals surface area contributed by atoms with Crippen LogP contribution in [0.4, 0.5) is 0 Å². The van der Waals surface area contributed by atoms with Gasteiger partial charge in [-0.15, -0.1) is 0 Å². The van der Waals surface area contributed by atoms with Crippen LogP contribution in [0.25, 0.3) is 0 Å². The molecule has 17 heavy (non-hydrogen) atoms. The number of rotatable bonds is 3. The smallest absolute Gasteiger partial charge is 0.242 e. The third-order valence-corrected chi connectivity index (χ3v) is 3.61. The van der Waals surface area contributed by atoms with Crippen LogP contribution in [0, 0.1) is 0 Å². The summed E-state index contributed by atoms with van der Waals surface area (Å²) in [6.45, 7) is 5.84. The number of likely N-dealkylation sites (tertiary alicyclic amines) is 1. The van der Waals surface area contributed by atoms with Gasteiger partial charge in [-0.25, -0.2) is 0 Å². The fraction of sp³-hybridized carbons (Fsp3) is 0.833. The van der Waals surface area contributed by atoms with E-state index < -0.39 is 0 Å². The van der Waals surface area contributed by atoms with E-state index in [4.69, 9.17) is 0 Å². The van der Waals surface area contributed by atoms with Crippen LogP contribution in [0.2, 0.25) is 0 Å². The zero-order chi connectivity index (χ0) is 12.3. The average molecular weight is 239 g/mol. The van der Waals surface area contributed by atoms with Crippen molar-refractivity contribution in [3.63, 3.8) is 0 Å². The lowest BCUT2D eigenvalue weighted by Crippen LogP contribution is -2.57. The molecule has 1 N–H and O–H groups in total. The summed E-state index contributed by atoms with van der Waals surface area (Å²) < 4.78 is 0. The molecule has 2 rings (SSSR count). The van der Waals surface area contributed by atoms with Crippen LogP contribution < -0.4 is 5.32 Å². The van der Waals surface area contributed by atoms with Crippen LogP contribution in [-0.2, 0) is 9.59 Å². The van der Waals surface area contributed by atoms with E-state index in [9.17, 15) is 9.59 Å². The van der Waals surface area contributed by atoms with E-state index in [1.807, 2.05) is 0 Å². The molecule has 0 aromatic carbocycles. The molecule has 0 unspecified atom stereocenters. The molecule has 0 spiro atoms. The van der Waals surface area contributed by atoms with Crippen molar-refractivity contribution in [2.45, 2.75) is 32.2 Å². The normalized spacial score (nSPS) is 23.9. The standard InChI is InChI=1S/C12H21N3O2/c1-2-5-14-6-3-10(4-7-14)15-9-11(16)13-8-12(15)17/h10H,2-9H2,1H3,(H,13,16). The van der Waals surface area contributed by atoms with E-state index in [1.165, 1.54) is 6.42 Å². The minimum absolute atomic E-state index is 0.0272. The number of nitrogens with zero attached hydrogens (tertiary/aromatic N) is 2. The SMILES string of the molecule is CCCN1CCC(N2CC(=O)NCC2=O)CC1. The van der Waals surface area contributed by atoms with E-state index in [0.29, 0.717) is 0 Å². The highest BCUT2D eigenvalue weighted by atomic mass is 16.2. The first kappa shape index (κ1) is 12.4. The van der Waals surface area contributed by atoms with Crippen molar-refractivity contribution in [3.05, 3.63) is 0 Å². The van der Waals surface area contributed by atoms with Crippen molar-refractivity contribution in [3.8, 4) is 0 Å². The summed E-state index contributed by atoms with van der Waals surface area (Å²) >= 11 is 0. The second-order valence-corrected chi connectivity index (χ2v) is 4.87. The Morgan fingerprint density at radius 3 is 2.65 bits per heavy atom. The zero-order valence-electron chi connectivity index (χ0n) is 10.4. The van der Waals surface area contributed by atoms with E-state index in [0.717, 1.165) is 32.5 Å². The number of nitrogens with one attached hydrogen (secondary N) is 1. The summed E-state index contributed by atoms with van der Waals surface area (Å²) in [5.74, 6) is 0.0409. The minimum atomic E-state index is -0.0272. The highest BCUT2D eigenvalue weighted by Crippen LogP contribution is 2.17. The molecule has 2 heterocycles. The number of carbonyl (C=O) groups is 2. The molecule has 0 atom stereocenters. The largest absolute Gasteiger partial charge is 0.345 e. The van der Waals surface area contributed by atoms with Crippen LogP contribution in [0.3, 0.4) is 0 Å². The molecule has 0 bridgehead atoms. The van der Waals surface area contributed by atoms with Crippen LogP contribution in [-0.4, -0.2) is 60.4 Å². The van der Waals surface area contributed by atoms with Crippen LogP contribution >= 0.6 is 0 Å². The van der Waals surface area contributed by atoms with Crippen LogP contribution in [0.1, 0.15) is 26.2 Å². The Morgan fingerprint density at radius 1 is 1.29 bits per heavy atom. The fourth-order valence-corrected chi connectivity index (χ4v) is 2.68. The van der Waals surface area contributed by atoms with Crippen molar-refractivity contribution in [2.24, 2.45) is 0 Å². The van der Waals surface area contributed by atoms with E-state index in [1.54, 1.807) is 4.90 Å². The topological polar surface area (TPSA) is 52.6 Å². The average Bonchev–Trinajstić information content (AvgIpc) is 2.34. The molecule has 2 aliphatic rings. The molecule has 2 fully saturated rings. The maximum Gasteiger partial charge on any atom is 0.242 e. The van der Waals surface area contributed by atoms with Gasteiger partial charge in [-0.1, -0.05) is 6.92 Å². The third kappa shape index (κ3) is 2.97. The summed E-state index contributed by atoms with van der Waals surface area (Å²) in [6, 6.07) is 0.265. The summed E-state index contributed by atoms with van der Waals surface area (Å²) in [4.78, 5) is 27.3. The molecule has 0 aromatic heterocycles. The fourth-order valence-electron chi connectivity index (χ4n) is 2.68. The first-order valence-corrected chi connectivity index (χ1v) is 6.49. The Balaban J connectivity index is 1.87. The van der Waals surface area contributed by atoms with Crippen LogP contribution in [0.5, 0.6) is 0 Å². The van der Waals surface area contributed by atoms with Crippen molar-refractivity contribution < 1.29 is 9.59 Å². The number of piperidine rings is 1. The molecule has 5 heteroatoms. The van der Waals surface area contributed by atoms with Crippen molar-refractivity contribution in [1.82, 2.24) is 15.1 Å². The highest BCUT2D eigenvalue weighted by Gasteiger charge is 2.31. The Labute approximate surface area is 102 Å². The monoisotopic (exact) mass is 239 g/mol. The predicted molar refractivity (Wildman–Crippen MR) is 64.5 cm³/mol. The van der Waals surface area contributed by atoms with Gasteiger partial charge in [0.15, 0.2) is 0 Å². The molecule has 96 valence electrons. The van der Waals surface area contributed by atoms with E-state index >= 15 is 0 Å². The van der Waals surface area contributed by atoms with Gasteiger partial charge < -0.3 is 15.1 Å². The van der Waals surface area contributed by atoms with Crippen molar-refractivity contribution in [2.75, 3.05) is 32.7 Å². The molecule has 5 nitrogen and oxygen atoms in total. The van der Waals surface area contributed by atoms with Crippen LogP contribution in [0.15, 0.2) is 0 Å². The van der Waals surface area contributed by atoms with Gasteiger partial charge in [-0.3, -0.25) is 9.59 Å². The highest BCUT2D eigenvalue weighted by molar-refractivity contribution is 5.92. The molecule has 2 saturated heterocycles. The van der Waals surface area contributed by atoms with Crippen molar-refractivity contribution >= 4 is 11.8 Å². The second kappa shape index (κ2) is 5.49. The van der Waals surface area contributed by atoms with Crippen molar-refractivity contribution in [1.29, 1.82) is 0 Å². The minimum Gasteiger partial charge on any atom is -0.345 e.